The first-order valence-electron chi connectivity index (χ1n) is 5.70. The molecule has 0 N–H and O–H groups in total. The van der Waals surface area contributed by atoms with Crippen molar-refractivity contribution in [2.45, 2.75) is 26.1 Å². The van der Waals surface area contributed by atoms with Crippen LogP contribution >= 0.6 is 0 Å². The Kier molecular flexibility index (Phi) is 3.34. The van der Waals surface area contributed by atoms with E-state index in [1.54, 1.807) is 10.8 Å². The van der Waals surface area contributed by atoms with Crippen LogP contribution in [0, 0.1) is 5.82 Å². The largest absolute Gasteiger partial charge is 0.416 e. The fraction of sp³-hybridized carbons (Fsp3) is 0.308. The van der Waals surface area contributed by atoms with Crippen LogP contribution in [-0.2, 0) is 6.18 Å². The van der Waals surface area contributed by atoms with Crippen LogP contribution in [0.1, 0.15) is 25.5 Å². The van der Waals surface area contributed by atoms with Crippen LogP contribution in [0.25, 0.3) is 11.4 Å². The third-order valence-electron chi connectivity index (χ3n) is 2.71. The Morgan fingerprint density at radius 2 is 1.84 bits per heavy atom. The number of hydrogen-bond donors (Lipinski definition) is 0. The van der Waals surface area contributed by atoms with E-state index in [1.165, 1.54) is 6.20 Å². The number of rotatable bonds is 2. The molecule has 2 aromatic rings. The first-order chi connectivity index (χ1) is 8.79. The normalized spacial score (nSPS) is 12.2. The molecule has 0 atom stereocenters. The average molecular weight is 272 g/mol. The highest BCUT2D eigenvalue weighted by atomic mass is 19.4. The van der Waals surface area contributed by atoms with E-state index >= 15 is 0 Å². The first kappa shape index (κ1) is 13.6. The molecule has 2 nitrogen and oxygen atoms in total. The van der Waals surface area contributed by atoms with Gasteiger partial charge in [-0.05, 0) is 32.0 Å². The van der Waals surface area contributed by atoms with Gasteiger partial charge in [-0.15, -0.1) is 0 Å². The molecule has 2 rings (SSSR count). The molecule has 0 saturated carbocycles. The fourth-order valence-electron chi connectivity index (χ4n) is 1.84. The highest BCUT2D eigenvalue weighted by Crippen LogP contribution is 2.33. The molecule has 0 radical (unpaired) electrons. The number of aromatic nitrogens is 2. The molecule has 0 aliphatic rings. The molecular weight excluding hydrogens is 260 g/mol. The Morgan fingerprint density at radius 3 is 2.42 bits per heavy atom. The number of imidazole rings is 1. The summed E-state index contributed by atoms with van der Waals surface area (Å²) < 4.78 is 53.0. The quantitative estimate of drug-likeness (QED) is 0.746. The molecule has 0 amide bonds. The van der Waals surface area contributed by atoms with Gasteiger partial charge in [0.25, 0.3) is 0 Å². The number of halogens is 4. The number of hydrogen-bond acceptors (Lipinski definition) is 1. The van der Waals surface area contributed by atoms with E-state index in [0.29, 0.717) is 11.9 Å². The minimum Gasteiger partial charge on any atom is -0.328 e. The lowest BCUT2D eigenvalue weighted by molar-refractivity contribution is -0.137. The predicted octanol–water partition coefficient (Wildman–Crippen LogP) is 4.29. The average Bonchev–Trinajstić information content (AvgIpc) is 2.75. The SMILES string of the molecule is CC(C)n1ccnc1-c1cc(F)cc(C(F)(F)F)c1. The molecule has 0 aliphatic carbocycles. The van der Waals surface area contributed by atoms with Gasteiger partial charge in [0.15, 0.2) is 0 Å². The molecule has 0 saturated heterocycles. The van der Waals surface area contributed by atoms with Gasteiger partial charge in [0.1, 0.15) is 11.6 Å². The van der Waals surface area contributed by atoms with Crippen LogP contribution in [0.4, 0.5) is 17.6 Å². The summed E-state index contributed by atoms with van der Waals surface area (Å²) in [7, 11) is 0. The number of nitrogens with zero attached hydrogens (tertiary/aromatic N) is 2. The zero-order chi connectivity index (χ0) is 14.2. The van der Waals surface area contributed by atoms with E-state index in [9.17, 15) is 17.6 Å². The second-order valence-corrected chi connectivity index (χ2v) is 4.48. The summed E-state index contributed by atoms with van der Waals surface area (Å²) in [5, 5.41) is 0. The molecule has 1 aromatic carbocycles. The van der Waals surface area contributed by atoms with Crippen molar-refractivity contribution in [3.05, 3.63) is 42.0 Å². The Morgan fingerprint density at radius 1 is 1.16 bits per heavy atom. The monoisotopic (exact) mass is 272 g/mol. The van der Waals surface area contributed by atoms with Gasteiger partial charge in [0.2, 0.25) is 0 Å². The van der Waals surface area contributed by atoms with Gasteiger partial charge in [-0.3, -0.25) is 0 Å². The van der Waals surface area contributed by atoms with Crippen molar-refractivity contribution < 1.29 is 17.6 Å². The van der Waals surface area contributed by atoms with Gasteiger partial charge < -0.3 is 4.57 Å². The molecule has 102 valence electrons. The minimum atomic E-state index is -4.58. The molecule has 6 heteroatoms. The Hall–Kier alpha value is -1.85. The van der Waals surface area contributed by atoms with E-state index in [2.05, 4.69) is 4.98 Å². The Labute approximate surface area is 107 Å². The van der Waals surface area contributed by atoms with Crippen LogP contribution in [0.2, 0.25) is 0 Å². The van der Waals surface area contributed by atoms with Crippen molar-refractivity contribution in [1.29, 1.82) is 0 Å². The summed E-state index contributed by atoms with van der Waals surface area (Å²) in [5.74, 6) is -0.608. The van der Waals surface area contributed by atoms with Gasteiger partial charge in [-0.25, -0.2) is 9.37 Å². The van der Waals surface area contributed by atoms with E-state index < -0.39 is 17.6 Å². The van der Waals surface area contributed by atoms with Crippen molar-refractivity contribution in [3.63, 3.8) is 0 Å². The molecule has 19 heavy (non-hydrogen) atoms. The van der Waals surface area contributed by atoms with Crippen molar-refractivity contribution in [2.24, 2.45) is 0 Å². The molecule has 1 heterocycles. The van der Waals surface area contributed by atoms with Crippen LogP contribution in [-0.4, -0.2) is 9.55 Å². The van der Waals surface area contributed by atoms with E-state index in [4.69, 9.17) is 0 Å². The zero-order valence-electron chi connectivity index (χ0n) is 10.4. The number of alkyl halides is 3. The van der Waals surface area contributed by atoms with Crippen LogP contribution in [0.5, 0.6) is 0 Å². The molecule has 0 aliphatic heterocycles. The third-order valence-corrected chi connectivity index (χ3v) is 2.71. The molecule has 0 unspecified atom stereocenters. The van der Waals surface area contributed by atoms with Crippen LogP contribution in [0.15, 0.2) is 30.6 Å². The highest BCUT2D eigenvalue weighted by molar-refractivity contribution is 5.57. The summed E-state index contributed by atoms with van der Waals surface area (Å²) in [6.45, 7) is 3.74. The van der Waals surface area contributed by atoms with Crippen molar-refractivity contribution in [3.8, 4) is 11.4 Å². The first-order valence-corrected chi connectivity index (χ1v) is 5.70. The third kappa shape index (κ3) is 2.77. The van der Waals surface area contributed by atoms with Gasteiger partial charge in [0.05, 0.1) is 5.56 Å². The Bertz CT molecular complexity index is 585. The van der Waals surface area contributed by atoms with Crippen molar-refractivity contribution in [2.75, 3.05) is 0 Å². The smallest absolute Gasteiger partial charge is 0.328 e. The summed E-state index contributed by atoms with van der Waals surface area (Å²) >= 11 is 0. The second-order valence-electron chi connectivity index (χ2n) is 4.48. The number of benzene rings is 1. The maximum atomic E-state index is 13.3. The second kappa shape index (κ2) is 4.68. The standard InChI is InChI=1S/C13H12F4N2/c1-8(2)19-4-3-18-12(19)9-5-10(13(15,16)17)7-11(14)6-9/h3-8H,1-2H3. The molecule has 0 spiro atoms. The van der Waals surface area contributed by atoms with Gasteiger partial charge in [-0.1, -0.05) is 0 Å². The zero-order valence-corrected chi connectivity index (χ0v) is 10.4. The summed E-state index contributed by atoms with van der Waals surface area (Å²) in [5.41, 5.74) is -0.896. The maximum Gasteiger partial charge on any atom is 0.416 e. The maximum absolute atomic E-state index is 13.3. The van der Waals surface area contributed by atoms with Gasteiger partial charge in [0, 0.05) is 24.0 Å². The highest BCUT2D eigenvalue weighted by Gasteiger charge is 2.31. The minimum absolute atomic E-state index is 0.0232. The summed E-state index contributed by atoms with van der Waals surface area (Å²) in [6.07, 6.45) is -1.45. The van der Waals surface area contributed by atoms with Crippen molar-refractivity contribution in [1.82, 2.24) is 9.55 Å². The van der Waals surface area contributed by atoms with E-state index in [-0.39, 0.29) is 11.6 Å². The molecular formula is C13H12F4N2. The topological polar surface area (TPSA) is 17.8 Å². The molecule has 0 bridgehead atoms. The molecule has 1 aromatic heterocycles. The lowest BCUT2D eigenvalue weighted by Gasteiger charge is -2.13. The van der Waals surface area contributed by atoms with E-state index in [1.807, 2.05) is 13.8 Å². The lowest BCUT2D eigenvalue weighted by atomic mass is 10.1. The Balaban J connectivity index is 2.57. The summed E-state index contributed by atoms with van der Waals surface area (Å²) in [6, 6.07) is 2.46. The van der Waals surface area contributed by atoms with Crippen LogP contribution in [0.3, 0.4) is 0 Å². The predicted molar refractivity (Wildman–Crippen MR) is 63.0 cm³/mol. The van der Waals surface area contributed by atoms with Gasteiger partial charge in [-0.2, -0.15) is 13.2 Å². The van der Waals surface area contributed by atoms with Crippen LogP contribution < -0.4 is 0 Å². The summed E-state index contributed by atoms with van der Waals surface area (Å²) in [4.78, 5) is 4.00. The van der Waals surface area contributed by atoms with Crippen molar-refractivity contribution >= 4 is 0 Å². The van der Waals surface area contributed by atoms with Gasteiger partial charge >= 0.3 is 6.18 Å². The lowest BCUT2D eigenvalue weighted by Crippen LogP contribution is -2.07. The molecule has 0 fully saturated rings. The van der Waals surface area contributed by atoms with E-state index in [0.717, 1.165) is 12.1 Å². The fourth-order valence-corrected chi connectivity index (χ4v) is 1.84.